The normalized spacial score (nSPS) is 14.2. The Morgan fingerprint density at radius 3 is 2.90 bits per heavy atom. The zero-order valence-corrected chi connectivity index (χ0v) is 12.0. The first-order chi connectivity index (χ1) is 9.78. The molecule has 0 unspecified atom stereocenters. The first-order valence-corrected chi connectivity index (χ1v) is 7.30. The molecule has 0 spiro atoms. The molecule has 0 bridgehead atoms. The van der Waals surface area contributed by atoms with E-state index >= 15 is 0 Å². The highest BCUT2D eigenvalue weighted by molar-refractivity contribution is 5.66. The minimum absolute atomic E-state index is 0.673. The van der Waals surface area contributed by atoms with Crippen molar-refractivity contribution in [1.29, 1.82) is 0 Å². The summed E-state index contributed by atoms with van der Waals surface area (Å²) in [6.07, 6.45) is 5.19. The molecule has 3 rings (SSSR count). The summed E-state index contributed by atoms with van der Waals surface area (Å²) in [4.78, 5) is 6.94. The van der Waals surface area contributed by atoms with Crippen molar-refractivity contribution in [2.75, 3.05) is 18.0 Å². The summed E-state index contributed by atoms with van der Waals surface area (Å²) in [7, 11) is 0. The maximum Gasteiger partial charge on any atom is 0.132 e. The Balaban J connectivity index is 1.92. The van der Waals surface area contributed by atoms with Crippen molar-refractivity contribution in [1.82, 2.24) is 4.98 Å². The minimum Gasteiger partial charge on any atom is -0.330 e. The molecule has 0 aliphatic carbocycles. The maximum absolute atomic E-state index is 5.58. The molecule has 104 valence electrons. The third kappa shape index (κ3) is 2.54. The van der Waals surface area contributed by atoms with E-state index < -0.39 is 0 Å². The van der Waals surface area contributed by atoms with Crippen LogP contribution < -0.4 is 10.6 Å². The molecule has 0 saturated heterocycles. The lowest BCUT2D eigenvalue weighted by molar-refractivity contribution is 0.758. The van der Waals surface area contributed by atoms with Gasteiger partial charge in [0.1, 0.15) is 5.82 Å². The van der Waals surface area contributed by atoms with Crippen LogP contribution in [0.1, 0.15) is 23.1 Å². The van der Waals surface area contributed by atoms with E-state index in [9.17, 15) is 0 Å². The number of benzene rings is 1. The molecule has 3 nitrogen and oxygen atoms in total. The molecule has 0 radical (unpaired) electrons. The molecule has 0 fully saturated rings. The van der Waals surface area contributed by atoms with Crippen molar-refractivity contribution in [2.24, 2.45) is 5.73 Å². The van der Waals surface area contributed by atoms with Gasteiger partial charge in [-0.25, -0.2) is 4.98 Å². The van der Waals surface area contributed by atoms with Crippen LogP contribution in [0.25, 0.3) is 0 Å². The van der Waals surface area contributed by atoms with Crippen LogP contribution in [-0.2, 0) is 12.8 Å². The molecular formula is C17H21N3. The Kier molecular flexibility index (Phi) is 3.70. The second-order valence-electron chi connectivity index (χ2n) is 5.45. The zero-order valence-electron chi connectivity index (χ0n) is 12.0. The van der Waals surface area contributed by atoms with Crippen LogP contribution >= 0.6 is 0 Å². The molecule has 0 atom stereocenters. The summed E-state index contributed by atoms with van der Waals surface area (Å²) < 4.78 is 0. The van der Waals surface area contributed by atoms with Gasteiger partial charge in [-0.05, 0) is 56.0 Å². The molecule has 2 aromatic rings. The number of aromatic nitrogens is 1. The molecule has 20 heavy (non-hydrogen) atoms. The molecule has 1 aliphatic heterocycles. The first-order valence-electron chi connectivity index (χ1n) is 7.30. The number of fused-ring (bicyclic) bond motifs is 1. The van der Waals surface area contributed by atoms with Crippen molar-refractivity contribution in [3.05, 3.63) is 53.2 Å². The molecule has 0 amide bonds. The smallest absolute Gasteiger partial charge is 0.132 e. The predicted molar refractivity (Wildman–Crippen MR) is 83.5 cm³/mol. The third-order valence-electron chi connectivity index (χ3n) is 3.87. The van der Waals surface area contributed by atoms with E-state index in [2.05, 4.69) is 47.1 Å². The number of nitrogens with zero attached hydrogens (tertiary/aromatic N) is 2. The van der Waals surface area contributed by atoms with E-state index in [1.54, 1.807) is 0 Å². The average Bonchev–Trinajstić information content (AvgIpc) is 2.47. The maximum atomic E-state index is 5.58. The van der Waals surface area contributed by atoms with Crippen molar-refractivity contribution < 1.29 is 0 Å². The van der Waals surface area contributed by atoms with Gasteiger partial charge < -0.3 is 10.6 Å². The highest BCUT2D eigenvalue weighted by Gasteiger charge is 2.18. The fourth-order valence-electron chi connectivity index (χ4n) is 2.85. The molecule has 3 heteroatoms. The van der Waals surface area contributed by atoms with Crippen LogP contribution in [0.4, 0.5) is 11.5 Å². The van der Waals surface area contributed by atoms with E-state index in [4.69, 9.17) is 5.73 Å². The van der Waals surface area contributed by atoms with Gasteiger partial charge in [-0.1, -0.05) is 23.8 Å². The summed E-state index contributed by atoms with van der Waals surface area (Å²) in [5, 5.41) is 0. The number of aryl methyl sites for hydroxylation is 2. The van der Waals surface area contributed by atoms with Crippen LogP contribution in [0, 0.1) is 6.92 Å². The largest absolute Gasteiger partial charge is 0.330 e. The lowest BCUT2D eigenvalue weighted by Gasteiger charge is -2.30. The number of hydrogen-bond acceptors (Lipinski definition) is 3. The van der Waals surface area contributed by atoms with E-state index in [1.807, 2.05) is 6.20 Å². The SMILES string of the molecule is Cc1ccc2c(c1)CCCN2c1ccc(CCN)cn1. The van der Waals surface area contributed by atoms with Gasteiger partial charge in [0.2, 0.25) is 0 Å². The summed E-state index contributed by atoms with van der Waals surface area (Å²) in [5.74, 6) is 1.04. The molecule has 0 saturated carbocycles. The van der Waals surface area contributed by atoms with Crippen LogP contribution in [0.2, 0.25) is 0 Å². The van der Waals surface area contributed by atoms with Gasteiger partial charge in [-0.2, -0.15) is 0 Å². The van der Waals surface area contributed by atoms with Gasteiger partial charge >= 0.3 is 0 Å². The quantitative estimate of drug-likeness (QED) is 0.929. The minimum atomic E-state index is 0.673. The summed E-state index contributed by atoms with van der Waals surface area (Å²) in [6.45, 7) is 3.87. The first kappa shape index (κ1) is 13.1. The van der Waals surface area contributed by atoms with Crippen LogP contribution in [0.3, 0.4) is 0 Å². The molecule has 2 heterocycles. The van der Waals surface area contributed by atoms with Crippen LogP contribution in [0.15, 0.2) is 36.5 Å². The number of anilines is 2. The monoisotopic (exact) mass is 267 g/mol. The Hall–Kier alpha value is -1.87. The van der Waals surface area contributed by atoms with Crippen LogP contribution in [-0.4, -0.2) is 18.1 Å². The second kappa shape index (κ2) is 5.63. The van der Waals surface area contributed by atoms with E-state index in [1.165, 1.54) is 35.2 Å². The van der Waals surface area contributed by atoms with Gasteiger partial charge in [-0.15, -0.1) is 0 Å². The van der Waals surface area contributed by atoms with E-state index in [-0.39, 0.29) is 0 Å². The van der Waals surface area contributed by atoms with Crippen molar-refractivity contribution in [3.8, 4) is 0 Å². The zero-order chi connectivity index (χ0) is 13.9. The lowest BCUT2D eigenvalue weighted by atomic mass is 9.99. The fraction of sp³-hybridized carbons (Fsp3) is 0.353. The van der Waals surface area contributed by atoms with Gasteiger partial charge in [-0.3, -0.25) is 0 Å². The summed E-state index contributed by atoms with van der Waals surface area (Å²) >= 11 is 0. The van der Waals surface area contributed by atoms with Crippen LogP contribution in [0.5, 0.6) is 0 Å². The molecule has 1 aromatic heterocycles. The topological polar surface area (TPSA) is 42.1 Å². The fourth-order valence-corrected chi connectivity index (χ4v) is 2.85. The Labute approximate surface area is 120 Å². The Morgan fingerprint density at radius 2 is 2.15 bits per heavy atom. The van der Waals surface area contributed by atoms with Gasteiger partial charge in [0.05, 0.1) is 0 Å². The van der Waals surface area contributed by atoms with E-state index in [0.29, 0.717) is 6.54 Å². The molecular weight excluding hydrogens is 246 g/mol. The number of nitrogens with two attached hydrogens (primary N) is 1. The Morgan fingerprint density at radius 1 is 1.25 bits per heavy atom. The second-order valence-corrected chi connectivity index (χ2v) is 5.45. The number of rotatable bonds is 3. The molecule has 1 aromatic carbocycles. The summed E-state index contributed by atoms with van der Waals surface area (Å²) in [5.41, 5.74) is 10.9. The van der Waals surface area contributed by atoms with Crippen molar-refractivity contribution in [3.63, 3.8) is 0 Å². The highest BCUT2D eigenvalue weighted by Crippen LogP contribution is 2.32. The molecule has 2 N–H and O–H groups in total. The van der Waals surface area contributed by atoms with Crippen molar-refractivity contribution >= 4 is 11.5 Å². The number of hydrogen-bond donors (Lipinski definition) is 1. The van der Waals surface area contributed by atoms with E-state index in [0.717, 1.165) is 18.8 Å². The van der Waals surface area contributed by atoms with Gasteiger partial charge in [0, 0.05) is 18.4 Å². The summed E-state index contributed by atoms with van der Waals surface area (Å²) in [6, 6.07) is 10.9. The van der Waals surface area contributed by atoms with Crippen molar-refractivity contribution in [2.45, 2.75) is 26.2 Å². The number of pyridine rings is 1. The third-order valence-corrected chi connectivity index (χ3v) is 3.87. The average molecular weight is 267 g/mol. The van der Waals surface area contributed by atoms with Gasteiger partial charge in [0.25, 0.3) is 0 Å². The lowest BCUT2D eigenvalue weighted by Crippen LogP contribution is -2.25. The van der Waals surface area contributed by atoms with Gasteiger partial charge in [0.15, 0.2) is 0 Å². The standard InChI is InChI=1S/C17H21N3/c1-13-4-6-16-15(11-13)3-2-10-20(16)17-7-5-14(8-9-18)12-19-17/h4-7,11-12H,2-3,8-10,18H2,1H3. The Bertz CT molecular complexity index is 590. The predicted octanol–water partition coefficient (Wildman–Crippen LogP) is 2.98. The highest BCUT2D eigenvalue weighted by atomic mass is 15.2. The molecule has 1 aliphatic rings.